The summed E-state index contributed by atoms with van der Waals surface area (Å²) in [5, 5.41) is 10.7. The highest BCUT2D eigenvalue weighted by Gasteiger charge is 2.21. The third-order valence-corrected chi connectivity index (χ3v) is 4.91. The fraction of sp³-hybridized carbons (Fsp3) is 0. The zero-order valence-corrected chi connectivity index (χ0v) is 17.5. The van der Waals surface area contributed by atoms with E-state index in [0.717, 1.165) is 11.1 Å². The molecule has 33 heavy (non-hydrogen) atoms. The van der Waals surface area contributed by atoms with Gasteiger partial charge in [0.15, 0.2) is 29.0 Å². The maximum absolute atomic E-state index is 14.3. The quantitative estimate of drug-likeness (QED) is 0.176. The number of halogens is 3. The molecule has 0 bridgehead atoms. The van der Waals surface area contributed by atoms with Gasteiger partial charge >= 0.3 is 0 Å². The van der Waals surface area contributed by atoms with Crippen LogP contribution in [0.1, 0.15) is 11.1 Å². The predicted octanol–water partition coefficient (Wildman–Crippen LogP) is 6.88. The van der Waals surface area contributed by atoms with Crippen LogP contribution in [0.3, 0.4) is 0 Å². The third-order valence-electron chi connectivity index (χ3n) is 4.55. The van der Waals surface area contributed by atoms with Gasteiger partial charge in [-0.15, -0.1) is 0 Å². The van der Waals surface area contributed by atoms with Gasteiger partial charge in [-0.1, -0.05) is 72.3 Å². The number of aromatic nitrogens is 1. The Morgan fingerprint density at radius 1 is 0.939 bits per heavy atom. The van der Waals surface area contributed by atoms with Crippen molar-refractivity contribution < 1.29 is 18.4 Å². The summed E-state index contributed by atoms with van der Waals surface area (Å²) in [5.74, 6) is -3.35. The van der Waals surface area contributed by atoms with E-state index in [4.69, 9.17) is 16.3 Å². The van der Waals surface area contributed by atoms with Gasteiger partial charge in [-0.25, -0.2) is 18.8 Å². The summed E-state index contributed by atoms with van der Waals surface area (Å²) in [6, 6.07) is 21.2. The molecule has 0 radical (unpaired) electrons. The Morgan fingerprint density at radius 2 is 1.48 bits per heavy atom. The van der Waals surface area contributed by atoms with E-state index in [-0.39, 0.29) is 16.6 Å². The number of non-ortho nitro benzene ring substituents is 1. The monoisotopic (exact) mass is 465 g/mol. The molecule has 0 unspecified atom stereocenters. The second-order valence-electron chi connectivity index (χ2n) is 6.74. The zero-order valence-electron chi connectivity index (χ0n) is 16.8. The number of benzene rings is 3. The number of rotatable bonds is 6. The lowest BCUT2D eigenvalue weighted by Gasteiger charge is -2.11. The van der Waals surface area contributed by atoms with Crippen LogP contribution in [0.2, 0.25) is 5.02 Å². The highest BCUT2D eigenvalue weighted by atomic mass is 35.5. The van der Waals surface area contributed by atoms with Gasteiger partial charge in [0, 0.05) is 23.4 Å². The van der Waals surface area contributed by atoms with Gasteiger partial charge in [0.25, 0.3) is 5.69 Å². The Bertz CT molecular complexity index is 1290. The molecule has 0 aliphatic rings. The van der Waals surface area contributed by atoms with E-state index < -0.39 is 28.0 Å². The van der Waals surface area contributed by atoms with Gasteiger partial charge in [0.1, 0.15) is 5.02 Å². The van der Waals surface area contributed by atoms with E-state index >= 15 is 0 Å². The second kappa shape index (κ2) is 9.54. The maximum Gasteiger partial charge on any atom is 0.275 e. The lowest BCUT2D eigenvalue weighted by molar-refractivity contribution is -0.385. The first kappa shape index (κ1) is 22.0. The molecule has 0 aliphatic heterocycles. The van der Waals surface area contributed by atoms with Gasteiger partial charge in [-0.05, 0) is 0 Å². The van der Waals surface area contributed by atoms with Crippen molar-refractivity contribution in [3.05, 3.63) is 123 Å². The Labute approximate surface area is 191 Å². The average molecular weight is 466 g/mol. The molecule has 9 heteroatoms. The molecule has 6 nitrogen and oxygen atoms in total. The van der Waals surface area contributed by atoms with Crippen molar-refractivity contribution in [3.63, 3.8) is 0 Å². The van der Waals surface area contributed by atoms with Crippen LogP contribution in [-0.4, -0.2) is 15.6 Å². The van der Waals surface area contributed by atoms with Crippen LogP contribution in [0, 0.1) is 21.7 Å². The van der Waals surface area contributed by atoms with E-state index in [2.05, 4.69) is 9.98 Å². The standard InChI is InChI=1S/C24H14ClF2N3O3/c25-21-20(33-23-18(26)13-17(30(31)32)14-19(23)27)11-12-28-24(21)29-22(15-7-3-1-4-8-15)16-9-5-2-6-10-16/h1-14H. The number of nitro benzene ring substituents is 1. The van der Waals surface area contributed by atoms with Gasteiger partial charge in [-0.3, -0.25) is 10.1 Å². The highest BCUT2D eigenvalue weighted by Crippen LogP contribution is 2.38. The molecule has 3 aromatic carbocycles. The van der Waals surface area contributed by atoms with Gasteiger partial charge in [0.2, 0.25) is 0 Å². The van der Waals surface area contributed by atoms with Crippen molar-refractivity contribution in [1.82, 2.24) is 4.98 Å². The largest absolute Gasteiger partial charge is 0.449 e. The van der Waals surface area contributed by atoms with Crippen LogP contribution in [0.5, 0.6) is 11.5 Å². The molecular weight excluding hydrogens is 452 g/mol. The molecule has 0 spiro atoms. The van der Waals surface area contributed by atoms with Gasteiger partial charge in [-0.2, -0.15) is 0 Å². The summed E-state index contributed by atoms with van der Waals surface area (Å²) < 4.78 is 33.9. The van der Waals surface area contributed by atoms with E-state index in [9.17, 15) is 18.9 Å². The van der Waals surface area contributed by atoms with Crippen molar-refractivity contribution in [2.24, 2.45) is 4.99 Å². The number of pyridine rings is 1. The second-order valence-corrected chi connectivity index (χ2v) is 7.11. The Morgan fingerprint density at radius 3 is 2.00 bits per heavy atom. The number of nitrogens with zero attached hydrogens (tertiary/aromatic N) is 3. The van der Waals surface area contributed by atoms with Gasteiger partial charge in [0.05, 0.1) is 22.8 Å². The van der Waals surface area contributed by atoms with E-state index in [1.165, 1.54) is 12.3 Å². The Kier molecular flexibility index (Phi) is 6.37. The summed E-state index contributed by atoms with van der Waals surface area (Å²) in [7, 11) is 0. The van der Waals surface area contributed by atoms with Crippen LogP contribution in [-0.2, 0) is 0 Å². The van der Waals surface area contributed by atoms with E-state index in [1.54, 1.807) is 0 Å². The summed E-state index contributed by atoms with van der Waals surface area (Å²) in [6.45, 7) is 0. The minimum atomic E-state index is -1.24. The molecule has 4 rings (SSSR count). The Hall–Kier alpha value is -4.17. The minimum absolute atomic E-state index is 0.0691. The lowest BCUT2D eigenvalue weighted by Crippen LogP contribution is -2.03. The predicted molar refractivity (Wildman–Crippen MR) is 121 cm³/mol. The highest BCUT2D eigenvalue weighted by molar-refractivity contribution is 6.34. The molecule has 0 fully saturated rings. The van der Waals surface area contributed by atoms with Crippen molar-refractivity contribution in [1.29, 1.82) is 0 Å². The normalized spacial score (nSPS) is 10.5. The minimum Gasteiger partial charge on any atom is -0.449 e. The molecule has 0 N–H and O–H groups in total. The summed E-state index contributed by atoms with van der Waals surface area (Å²) in [6.07, 6.45) is 1.33. The number of ether oxygens (including phenoxy) is 1. The lowest BCUT2D eigenvalue weighted by atomic mass is 10.0. The first-order chi connectivity index (χ1) is 15.9. The van der Waals surface area contributed by atoms with Gasteiger partial charge < -0.3 is 4.74 Å². The van der Waals surface area contributed by atoms with Crippen molar-refractivity contribution in [2.75, 3.05) is 0 Å². The summed E-state index contributed by atoms with van der Waals surface area (Å²) in [4.78, 5) is 18.7. The fourth-order valence-electron chi connectivity index (χ4n) is 3.03. The fourth-order valence-corrected chi connectivity index (χ4v) is 3.22. The Balaban J connectivity index is 1.77. The molecule has 1 aromatic heterocycles. The number of hydrogen-bond donors (Lipinski definition) is 0. The average Bonchev–Trinajstić information content (AvgIpc) is 2.82. The van der Waals surface area contributed by atoms with Crippen molar-refractivity contribution in [3.8, 4) is 11.5 Å². The van der Waals surface area contributed by atoms with Crippen molar-refractivity contribution in [2.45, 2.75) is 0 Å². The smallest absolute Gasteiger partial charge is 0.275 e. The first-order valence-electron chi connectivity index (χ1n) is 9.59. The molecule has 1 heterocycles. The SMILES string of the molecule is O=[N+]([O-])c1cc(F)c(Oc2ccnc(N=C(c3ccccc3)c3ccccc3)c2Cl)c(F)c1. The van der Waals surface area contributed by atoms with Crippen LogP contribution < -0.4 is 4.74 Å². The van der Waals surface area contributed by atoms with E-state index in [1.807, 2.05) is 60.7 Å². The van der Waals surface area contributed by atoms with E-state index in [0.29, 0.717) is 17.8 Å². The molecule has 0 aliphatic carbocycles. The van der Waals surface area contributed by atoms with Crippen molar-refractivity contribution >= 4 is 28.8 Å². The molecule has 0 amide bonds. The molecular formula is C24H14ClF2N3O3. The van der Waals surface area contributed by atoms with Crippen LogP contribution in [0.25, 0.3) is 0 Å². The van der Waals surface area contributed by atoms with Crippen LogP contribution in [0.4, 0.5) is 20.3 Å². The van der Waals surface area contributed by atoms with Crippen LogP contribution in [0.15, 0.2) is 90.1 Å². The number of hydrogen-bond acceptors (Lipinski definition) is 5. The first-order valence-corrected chi connectivity index (χ1v) is 9.97. The molecule has 164 valence electrons. The topological polar surface area (TPSA) is 77.6 Å². The van der Waals surface area contributed by atoms with Crippen LogP contribution >= 0.6 is 11.6 Å². The zero-order chi connectivity index (χ0) is 23.4. The number of nitro groups is 1. The molecule has 0 atom stereocenters. The molecule has 0 saturated carbocycles. The summed E-state index contributed by atoms with van der Waals surface area (Å²) in [5.41, 5.74) is 1.45. The third kappa shape index (κ3) is 4.86. The maximum atomic E-state index is 14.3. The molecule has 0 saturated heterocycles. The summed E-state index contributed by atoms with van der Waals surface area (Å²) >= 11 is 6.42. The number of aliphatic imine (C=N–C) groups is 1. The molecule has 4 aromatic rings.